The maximum absolute atomic E-state index is 11.9. The molecule has 2 heterocycles. The van der Waals surface area contributed by atoms with Gasteiger partial charge in [-0.15, -0.1) is 0 Å². The number of aromatic nitrogens is 2. The fourth-order valence-electron chi connectivity index (χ4n) is 1.68. The molecule has 0 saturated carbocycles. The number of carbonyl (C=O) groups excluding carboxylic acids is 1. The lowest BCUT2D eigenvalue weighted by atomic mass is 10.3. The molecular formula is C10H16N4OS. The molecule has 2 N–H and O–H groups in total. The van der Waals surface area contributed by atoms with Crippen molar-refractivity contribution in [2.45, 2.75) is 13.0 Å². The van der Waals surface area contributed by atoms with Crippen molar-refractivity contribution in [3.63, 3.8) is 0 Å². The van der Waals surface area contributed by atoms with Crippen molar-refractivity contribution < 1.29 is 4.79 Å². The van der Waals surface area contributed by atoms with Gasteiger partial charge >= 0.3 is 0 Å². The number of rotatable bonds is 2. The highest BCUT2D eigenvalue weighted by Gasteiger charge is 2.21. The first-order valence-corrected chi connectivity index (χ1v) is 6.44. The number of amides is 1. The van der Waals surface area contributed by atoms with Crippen LogP contribution < -0.4 is 10.6 Å². The number of carbonyl (C=O) groups is 1. The molecule has 1 fully saturated rings. The van der Waals surface area contributed by atoms with Crippen molar-refractivity contribution in [3.8, 4) is 0 Å². The summed E-state index contributed by atoms with van der Waals surface area (Å²) in [6.45, 7) is 2.79. The quantitative estimate of drug-likeness (QED) is 0.784. The van der Waals surface area contributed by atoms with Gasteiger partial charge in [-0.3, -0.25) is 9.48 Å². The van der Waals surface area contributed by atoms with E-state index in [2.05, 4.69) is 15.7 Å². The molecule has 2 rings (SSSR count). The molecule has 0 aromatic carbocycles. The normalized spacial score (nSPS) is 20.8. The van der Waals surface area contributed by atoms with Crippen molar-refractivity contribution in [1.29, 1.82) is 0 Å². The standard InChI is InChI=1S/C10H16N4OS/c1-7-8(5-14(2)13-7)12-10(15)9-6-16-4-3-11-9/h5,9,11H,3-4,6H2,1-2H3,(H,12,15). The highest BCUT2D eigenvalue weighted by molar-refractivity contribution is 7.99. The lowest BCUT2D eigenvalue weighted by Crippen LogP contribution is -2.46. The van der Waals surface area contributed by atoms with Crippen LogP contribution in [-0.2, 0) is 11.8 Å². The Morgan fingerprint density at radius 3 is 3.12 bits per heavy atom. The molecule has 1 amide bonds. The highest BCUT2D eigenvalue weighted by atomic mass is 32.2. The average molecular weight is 240 g/mol. The largest absolute Gasteiger partial charge is 0.322 e. The molecule has 16 heavy (non-hydrogen) atoms. The molecule has 1 aliphatic rings. The van der Waals surface area contributed by atoms with E-state index in [9.17, 15) is 4.79 Å². The molecule has 0 radical (unpaired) electrons. The number of anilines is 1. The summed E-state index contributed by atoms with van der Waals surface area (Å²) in [6.07, 6.45) is 1.82. The van der Waals surface area contributed by atoms with E-state index in [4.69, 9.17) is 0 Å². The van der Waals surface area contributed by atoms with Crippen LogP contribution in [0.4, 0.5) is 5.69 Å². The first-order valence-electron chi connectivity index (χ1n) is 5.29. The summed E-state index contributed by atoms with van der Waals surface area (Å²) >= 11 is 1.81. The van der Waals surface area contributed by atoms with Gasteiger partial charge in [0.1, 0.15) is 0 Å². The summed E-state index contributed by atoms with van der Waals surface area (Å²) in [4.78, 5) is 11.9. The number of thioether (sulfide) groups is 1. The van der Waals surface area contributed by atoms with Gasteiger partial charge in [-0.1, -0.05) is 0 Å². The van der Waals surface area contributed by atoms with E-state index in [1.54, 1.807) is 4.68 Å². The second-order valence-electron chi connectivity index (χ2n) is 3.87. The maximum atomic E-state index is 11.9. The van der Waals surface area contributed by atoms with Crippen LogP contribution >= 0.6 is 11.8 Å². The fourth-order valence-corrected chi connectivity index (χ4v) is 2.61. The van der Waals surface area contributed by atoms with Crippen LogP contribution in [0.1, 0.15) is 5.69 Å². The van der Waals surface area contributed by atoms with Gasteiger partial charge in [-0.05, 0) is 6.92 Å². The summed E-state index contributed by atoms with van der Waals surface area (Å²) in [5, 5.41) is 10.3. The van der Waals surface area contributed by atoms with Gasteiger partial charge in [0.15, 0.2) is 0 Å². The Kier molecular flexibility index (Phi) is 3.50. The van der Waals surface area contributed by atoms with Crippen LogP contribution in [-0.4, -0.2) is 39.8 Å². The van der Waals surface area contributed by atoms with E-state index in [0.29, 0.717) is 0 Å². The van der Waals surface area contributed by atoms with Gasteiger partial charge in [0.25, 0.3) is 0 Å². The molecule has 0 spiro atoms. The Morgan fingerprint density at radius 1 is 1.75 bits per heavy atom. The summed E-state index contributed by atoms with van der Waals surface area (Å²) in [7, 11) is 1.84. The Morgan fingerprint density at radius 2 is 2.56 bits per heavy atom. The summed E-state index contributed by atoms with van der Waals surface area (Å²) < 4.78 is 1.70. The second kappa shape index (κ2) is 4.88. The van der Waals surface area contributed by atoms with Gasteiger partial charge in [-0.25, -0.2) is 0 Å². The minimum absolute atomic E-state index is 0.0308. The van der Waals surface area contributed by atoms with Crippen LogP contribution in [0.25, 0.3) is 0 Å². The molecule has 1 unspecified atom stereocenters. The lowest BCUT2D eigenvalue weighted by Gasteiger charge is -2.21. The van der Waals surface area contributed by atoms with Gasteiger partial charge in [0.05, 0.1) is 17.4 Å². The van der Waals surface area contributed by atoms with Gasteiger partial charge in [0, 0.05) is 31.3 Å². The van der Waals surface area contributed by atoms with E-state index in [1.165, 1.54) is 0 Å². The van der Waals surface area contributed by atoms with Gasteiger partial charge < -0.3 is 10.6 Å². The van der Waals surface area contributed by atoms with Crippen molar-refractivity contribution >= 4 is 23.4 Å². The molecule has 88 valence electrons. The smallest absolute Gasteiger partial charge is 0.242 e. The fraction of sp³-hybridized carbons (Fsp3) is 0.600. The molecule has 5 nitrogen and oxygen atoms in total. The Bertz CT molecular complexity index is 384. The number of nitrogens with zero attached hydrogens (tertiary/aromatic N) is 2. The average Bonchev–Trinajstić information content (AvgIpc) is 2.59. The zero-order valence-corrected chi connectivity index (χ0v) is 10.3. The monoisotopic (exact) mass is 240 g/mol. The molecule has 1 atom stereocenters. The van der Waals surface area contributed by atoms with E-state index in [1.807, 2.05) is 31.9 Å². The second-order valence-corrected chi connectivity index (χ2v) is 5.02. The number of hydrogen-bond acceptors (Lipinski definition) is 4. The Labute approximate surface area is 99.0 Å². The molecule has 1 aromatic rings. The topological polar surface area (TPSA) is 59.0 Å². The summed E-state index contributed by atoms with van der Waals surface area (Å²) in [6, 6.07) is -0.0849. The first-order chi connectivity index (χ1) is 7.66. The third-order valence-electron chi connectivity index (χ3n) is 2.51. The zero-order chi connectivity index (χ0) is 11.5. The molecule has 0 bridgehead atoms. The molecule has 1 aliphatic heterocycles. The van der Waals surface area contributed by atoms with Crippen LogP contribution in [0, 0.1) is 6.92 Å². The van der Waals surface area contributed by atoms with E-state index in [0.717, 1.165) is 29.4 Å². The number of aryl methyl sites for hydroxylation is 2. The minimum atomic E-state index is -0.0849. The first kappa shape index (κ1) is 11.5. The zero-order valence-electron chi connectivity index (χ0n) is 9.49. The molecule has 1 aromatic heterocycles. The van der Waals surface area contributed by atoms with Crippen LogP contribution in [0.3, 0.4) is 0 Å². The Balaban J connectivity index is 1.98. The third-order valence-corrected chi connectivity index (χ3v) is 3.57. The van der Waals surface area contributed by atoms with Crippen molar-refractivity contribution in [2.75, 3.05) is 23.4 Å². The van der Waals surface area contributed by atoms with Crippen molar-refractivity contribution in [2.24, 2.45) is 7.05 Å². The van der Waals surface area contributed by atoms with Crippen LogP contribution in [0.15, 0.2) is 6.20 Å². The van der Waals surface area contributed by atoms with Gasteiger partial charge in [0.2, 0.25) is 5.91 Å². The SMILES string of the molecule is Cc1nn(C)cc1NC(=O)C1CSCCN1. The summed E-state index contributed by atoms with van der Waals surface area (Å²) in [5.74, 6) is 1.95. The van der Waals surface area contributed by atoms with Crippen molar-refractivity contribution in [3.05, 3.63) is 11.9 Å². The highest BCUT2D eigenvalue weighted by Crippen LogP contribution is 2.14. The predicted octanol–water partition coefficient (Wildman–Crippen LogP) is 0.372. The molecule has 1 saturated heterocycles. The molecule has 6 heteroatoms. The predicted molar refractivity (Wildman–Crippen MR) is 65.7 cm³/mol. The van der Waals surface area contributed by atoms with Crippen molar-refractivity contribution in [1.82, 2.24) is 15.1 Å². The van der Waals surface area contributed by atoms with Crippen LogP contribution in [0.5, 0.6) is 0 Å². The third kappa shape index (κ3) is 2.56. The number of hydrogen-bond donors (Lipinski definition) is 2. The Hall–Kier alpha value is -1.01. The molecular weight excluding hydrogens is 224 g/mol. The van der Waals surface area contributed by atoms with E-state index >= 15 is 0 Å². The van der Waals surface area contributed by atoms with Gasteiger partial charge in [-0.2, -0.15) is 16.9 Å². The maximum Gasteiger partial charge on any atom is 0.242 e. The van der Waals surface area contributed by atoms with E-state index < -0.39 is 0 Å². The molecule has 0 aliphatic carbocycles. The van der Waals surface area contributed by atoms with E-state index in [-0.39, 0.29) is 11.9 Å². The number of nitrogens with one attached hydrogen (secondary N) is 2. The van der Waals surface area contributed by atoms with Crippen LogP contribution in [0.2, 0.25) is 0 Å². The summed E-state index contributed by atoms with van der Waals surface area (Å²) in [5.41, 5.74) is 1.64. The minimum Gasteiger partial charge on any atom is -0.322 e. The lowest BCUT2D eigenvalue weighted by molar-refractivity contribution is -0.117.